The number of amides is 2. The van der Waals surface area contributed by atoms with Gasteiger partial charge in [-0.3, -0.25) is 0 Å². The normalized spacial score (nSPS) is 17.6. The molecule has 0 saturated heterocycles. The van der Waals surface area contributed by atoms with Crippen molar-refractivity contribution < 1.29 is 13.2 Å². The van der Waals surface area contributed by atoms with Crippen LogP contribution in [0.5, 0.6) is 0 Å². The topological polar surface area (TPSA) is 80.2 Å². The third kappa shape index (κ3) is 3.49. The molecule has 1 aliphatic rings. The summed E-state index contributed by atoms with van der Waals surface area (Å²) in [4.78, 5) is 12.8. The van der Waals surface area contributed by atoms with Crippen LogP contribution in [-0.4, -0.2) is 24.8 Å². The van der Waals surface area contributed by atoms with E-state index >= 15 is 0 Å². The average Bonchev–Trinajstić information content (AvgIpc) is 3.13. The van der Waals surface area contributed by atoms with Crippen molar-refractivity contribution in [1.29, 1.82) is 0 Å². The van der Waals surface area contributed by atoms with E-state index in [1.54, 1.807) is 24.3 Å². The lowest BCUT2D eigenvalue weighted by atomic mass is 10.1. The van der Waals surface area contributed by atoms with Crippen molar-refractivity contribution >= 4 is 32.5 Å². The molecule has 6 nitrogen and oxygen atoms in total. The standard InChI is InChI=1S/C21H23N3O3S/c1-14(2)12-24-10-9-15-11-16(7-8-19(15)24)22-21(25)23-18-13-28(26,27)20-6-4-3-5-17(18)20/h3-11,14,18H,12-13H2,1-2H3,(H2,22,23,25). The summed E-state index contributed by atoms with van der Waals surface area (Å²) in [5.41, 5.74) is 2.43. The summed E-state index contributed by atoms with van der Waals surface area (Å²) < 4.78 is 26.7. The molecular formula is C21H23N3O3S. The Bertz CT molecular complexity index is 1150. The molecular weight excluding hydrogens is 374 g/mol. The number of rotatable bonds is 4. The zero-order chi connectivity index (χ0) is 19.9. The Balaban J connectivity index is 1.49. The van der Waals surface area contributed by atoms with Gasteiger partial charge in [0.2, 0.25) is 0 Å². The maximum absolute atomic E-state index is 12.5. The molecule has 2 amide bonds. The van der Waals surface area contributed by atoms with Crippen molar-refractivity contribution in [2.45, 2.75) is 31.3 Å². The smallest absolute Gasteiger partial charge is 0.319 e. The summed E-state index contributed by atoms with van der Waals surface area (Å²) in [6.45, 7) is 5.28. The fourth-order valence-electron chi connectivity index (χ4n) is 3.73. The highest BCUT2D eigenvalue weighted by Crippen LogP contribution is 2.33. The first-order valence-corrected chi connectivity index (χ1v) is 11.0. The van der Waals surface area contributed by atoms with Gasteiger partial charge in [0.05, 0.1) is 16.7 Å². The van der Waals surface area contributed by atoms with E-state index in [9.17, 15) is 13.2 Å². The molecule has 2 aromatic carbocycles. The lowest BCUT2D eigenvalue weighted by Crippen LogP contribution is -2.33. The van der Waals surface area contributed by atoms with E-state index in [0.29, 0.717) is 22.1 Å². The van der Waals surface area contributed by atoms with Crippen molar-refractivity contribution in [3.63, 3.8) is 0 Å². The van der Waals surface area contributed by atoms with Gasteiger partial charge in [-0.2, -0.15) is 0 Å². The molecule has 0 radical (unpaired) electrons. The molecule has 7 heteroatoms. The van der Waals surface area contributed by atoms with E-state index in [2.05, 4.69) is 35.2 Å². The lowest BCUT2D eigenvalue weighted by Gasteiger charge is -2.14. The number of hydrogen-bond donors (Lipinski definition) is 2. The molecule has 2 heterocycles. The number of fused-ring (bicyclic) bond motifs is 2. The molecule has 1 aromatic heterocycles. The molecule has 28 heavy (non-hydrogen) atoms. The van der Waals surface area contributed by atoms with Crippen LogP contribution in [0.4, 0.5) is 10.5 Å². The zero-order valence-corrected chi connectivity index (χ0v) is 16.7. The Morgan fingerprint density at radius 2 is 1.96 bits per heavy atom. The highest BCUT2D eigenvalue weighted by atomic mass is 32.2. The van der Waals surface area contributed by atoms with E-state index in [-0.39, 0.29) is 5.75 Å². The van der Waals surface area contributed by atoms with E-state index in [1.165, 1.54) is 0 Å². The molecule has 1 unspecified atom stereocenters. The Morgan fingerprint density at radius 3 is 2.75 bits per heavy atom. The minimum absolute atomic E-state index is 0.114. The molecule has 0 bridgehead atoms. The molecule has 3 aromatic rings. The number of carbonyl (C=O) groups is 1. The molecule has 2 N–H and O–H groups in total. The van der Waals surface area contributed by atoms with Gasteiger partial charge in [-0.1, -0.05) is 32.0 Å². The Hall–Kier alpha value is -2.80. The summed E-state index contributed by atoms with van der Waals surface area (Å²) in [5, 5.41) is 6.65. The number of nitrogens with zero attached hydrogens (tertiary/aromatic N) is 1. The predicted octanol–water partition coefficient (Wildman–Crippen LogP) is 3.95. The minimum atomic E-state index is -3.35. The summed E-state index contributed by atoms with van der Waals surface area (Å²) in [6.07, 6.45) is 2.05. The van der Waals surface area contributed by atoms with Gasteiger partial charge in [-0.05, 0) is 41.8 Å². The first kappa shape index (κ1) is 18.6. The predicted molar refractivity (Wildman–Crippen MR) is 110 cm³/mol. The summed E-state index contributed by atoms with van der Waals surface area (Å²) in [5.74, 6) is 0.432. The van der Waals surface area contributed by atoms with Gasteiger partial charge in [0, 0.05) is 29.3 Å². The van der Waals surface area contributed by atoms with Crippen LogP contribution >= 0.6 is 0 Å². The molecule has 0 spiro atoms. The zero-order valence-electron chi connectivity index (χ0n) is 15.8. The van der Waals surface area contributed by atoms with Crippen LogP contribution in [0, 0.1) is 5.92 Å². The van der Waals surface area contributed by atoms with Gasteiger partial charge in [-0.25, -0.2) is 13.2 Å². The molecule has 146 valence electrons. The van der Waals surface area contributed by atoms with E-state index in [1.807, 2.05) is 24.3 Å². The maximum Gasteiger partial charge on any atom is 0.319 e. The number of nitrogens with one attached hydrogen (secondary N) is 2. The van der Waals surface area contributed by atoms with E-state index in [4.69, 9.17) is 0 Å². The van der Waals surface area contributed by atoms with Gasteiger partial charge in [0.15, 0.2) is 9.84 Å². The highest BCUT2D eigenvalue weighted by Gasteiger charge is 2.35. The Morgan fingerprint density at radius 1 is 1.18 bits per heavy atom. The second-order valence-corrected chi connectivity index (χ2v) is 9.61. The van der Waals surface area contributed by atoms with Crippen molar-refractivity contribution in [2.75, 3.05) is 11.1 Å². The number of anilines is 1. The molecule has 4 rings (SSSR count). The summed E-state index contributed by atoms with van der Waals surface area (Å²) in [6, 6.07) is 13.6. The van der Waals surface area contributed by atoms with Gasteiger partial charge in [0.25, 0.3) is 0 Å². The van der Waals surface area contributed by atoms with Crippen LogP contribution < -0.4 is 10.6 Å². The van der Waals surface area contributed by atoms with Crippen molar-refractivity contribution in [2.24, 2.45) is 5.92 Å². The number of sulfone groups is 1. The van der Waals surface area contributed by atoms with Gasteiger partial charge >= 0.3 is 6.03 Å². The monoisotopic (exact) mass is 397 g/mol. The maximum atomic E-state index is 12.5. The summed E-state index contributed by atoms with van der Waals surface area (Å²) in [7, 11) is -3.35. The fraction of sp³-hybridized carbons (Fsp3) is 0.286. The molecule has 0 saturated carbocycles. The highest BCUT2D eigenvalue weighted by molar-refractivity contribution is 7.91. The first-order valence-electron chi connectivity index (χ1n) is 9.31. The van der Waals surface area contributed by atoms with E-state index in [0.717, 1.165) is 17.4 Å². The number of carbonyl (C=O) groups excluding carboxylic acids is 1. The average molecular weight is 398 g/mol. The quantitative estimate of drug-likeness (QED) is 0.700. The number of benzene rings is 2. The van der Waals surface area contributed by atoms with Crippen molar-refractivity contribution in [3.8, 4) is 0 Å². The molecule has 0 fully saturated rings. The number of urea groups is 1. The van der Waals surface area contributed by atoms with Crippen LogP contribution in [0.1, 0.15) is 25.5 Å². The second kappa shape index (κ2) is 6.98. The van der Waals surface area contributed by atoms with Crippen LogP contribution in [0.25, 0.3) is 10.9 Å². The lowest BCUT2D eigenvalue weighted by molar-refractivity contribution is 0.249. The fourth-order valence-corrected chi connectivity index (χ4v) is 5.46. The molecule has 0 aliphatic carbocycles. The number of hydrogen-bond acceptors (Lipinski definition) is 3. The third-order valence-corrected chi connectivity index (χ3v) is 6.73. The Labute approximate surface area is 164 Å². The van der Waals surface area contributed by atoms with Gasteiger partial charge < -0.3 is 15.2 Å². The first-order chi connectivity index (χ1) is 13.3. The van der Waals surface area contributed by atoms with E-state index < -0.39 is 21.9 Å². The summed E-state index contributed by atoms with van der Waals surface area (Å²) >= 11 is 0. The van der Waals surface area contributed by atoms with Crippen LogP contribution in [0.3, 0.4) is 0 Å². The molecule has 1 aliphatic heterocycles. The van der Waals surface area contributed by atoms with Crippen LogP contribution in [0.15, 0.2) is 59.6 Å². The second-order valence-electron chi connectivity index (χ2n) is 7.61. The van der Waals surface area contributed by atoms with Crippen molar-refractivity contribution in [1.82, 2.24) is 9.88 Å². The number of aromatic nitrogens is 1. The molecule has 1 atom stereocenters. The van der Waals surface area contributed by atoms with Gasteiger partial charge in [-0.15, -0.1) is 0 Å². The Kier molecular flexibility index (Phi) is 4.63. The minimum Gasteiger partial charge on any atom is -0.347 e. The van der Waals surface area contributed by atoms with Gasteiger partial charge in [0.1, 0.15) is 0 Å². The third-order valence-electron chi connectivity index (χ3n) is 4.91. The SMILES string of the molecule is CC(C)Cn1ccc2cc(NC(=O)NC3CS(=O)(=O)c4ccccc43)ccc21. The largest absolute Gasteiger partial charge is 0.347 e. The van der Waals surface area contributed by atoms with Crippen molar-refractivity contribution in [3.05, 3.63) is 60.3 Å². The van der Waals surface area contributed by atoms with Crippen LogP contribution in [0.2, 0.25) is 0 Å². The van der Waals surface area contributed by atoms with Crippen LogP contribution in [-0.2, 0) is 16.4 Å².